The van der Waals surface area contributed by atoms with Gasteiger partial charge in [-0.2, -0.15) is 0 Å². The number of aliphatic imine (C=N–C) groups is 1. The van der Waals surface area contributed by atoms with Crippen molar-refractivity contribution in [2.45, 2.75) is 13.8 Å². The van der Waals surface area contributed by atoms with Crippen molar-refractivity contribution < 1.29 is 0 Å². The molecule has 3 aromatic carbocycles. The van der Waals surface area contributed by atoms with Crippen LogP contribution < -0.4 is 0 Å². The molecule has 2 heteroatoms. The van der Waals surface area contributed by atoms with Crippen LogP contribution in [0.4, 0.5) is 0 Å². The first-order valence-electron chi connectivity index (χ1n) is 9.95. The first-order chi connectivity index (χ1) is 14.0. The Morgan fingerprint density at radius 2 is 1.52 bits per heavy atom. The Kier molecular flexibility index (Phi) is 5.18. The zero-order valence-electron chi connectivity index (χ0n) is 17.3. The summed E-state index contributed by atoms with van der Waals surface area (Å²) in [5.74, 6) is 0. The van der Waals surface area contributed by atoms with Gasteiger partial charge in [-0.3, -0.25) is 4.99 Å². The van der Waals surface area contributed by atoms with E-state index in [1.165, 1.54) is 39.1 Å². The zero-order valence-corrected chi connectivity index (χ0v) is 17.3. The van der Waals surface area contributed by atoms with E-state index in [9.17, 15) is 0 Å². The van der Waals surface area contributed by atoms with E-state index >= 15 is 0 Å². The van der Waals surface area contributed by atoms with Crippen LogP contribution in [-0.4, -0.2) is 24.7 Å². The van der Waals surface area contributed by atoms with Crippen LogP contribution in [0.25, 0.3) is 33.5 Å². The van der Waals surface area contributed by atoms with Crippen LogP contribution in [0.1, 0.15) is 25.0 Å². The van der Waals surface area contributed by atoms with Gasteiger partial charge in [0.25, 0.3) is 0 Å². The third-order valence-corrected chi connectivity index (χ3v) is 5.54. The molecule has 2 nitrogen and oxygen atoms in total. The van der Waals surface area contributed by atoms with Gasteiger partial charge in [-0.15, -0.1) is 0 Å². The standard InChI is InChI=1S/C27H26N2/c1-19(2)21-9-7-10-22(17-21)23-11-8-12-24(18-23)25-13-5-6-14-26(25)27-20(3)29(4)16-15-28-27/h5-15,17-18H,1,16H2,2-4H3. The first-order valence-corrected chi connectivity index (χ1v) is 9.95. The first kappa shape index (κ1) is 18.9. The molecule has 0 spiro atoms. The highest BCUT2D eigenvalue weighted by atomic mass is 15.1. The summed E-state index contributed by atoms with van der Waals surface area (Å²) in [6.07, 6.45) is 1.98. The topological polar surface area (TPSA) is 15.6 Å². The van der Waals surface area contributed by atoms with Crippen molar-refractivity contribution in [3.8, 4) is 22.3 Å². The maximum atomic E-state index is 4.73. The molecule has 0 fully saturated rings. The van der Waals surface area contributed by atoms with E-state index in [1.807, 2.05) is 13.1 Å². The fourth-order valence-electron chi connectivity index (χ4n) is 3.70. The number of hydrogen-bond donors (Lipinski definition) is 0. The minimum Gasteiger partial charge on any atom is -0.371 e. The van der Waals surface area contributed by atoms with Gasteiger partial charge in [0.15, 0.2) is 0 Å². The Balaban J connectivity index is 1.81. The van der Waals surface area contributed by atoms with Gasteiger partial charge in [0, 0.05) is 24.5 Å². The van der Waals surface area contributed by atoms with Gasteiger partial charge in [0.1, 0.15) is 0 Å². The Bertz CT molecular complexity index is 1130. The monoisotopic (exact) mass is 378 g/mol. The van der Waals surface area contributed by atoms with E-state index in [2.05, 4.69) is 98.2 Å². The van der Waals surface area contributed by atoms with Crippen molar-refractivity contribution in [2.75, 3.05) is 13.6 Å². The number of benzene rings is 3. The lowest BCUT2D eigenvalue weighted by Crippen LogP contribution is -2.22. The second-order valence-corrected chi connectivity index (χ2v) is 7.61. The van der Waals surface area contributed by atoms with E-state index in [0.29, 0.717) is 0 Å². The van der Waals surface area contributed by atoms with Crippen molar-refractivity contribution in [1.82, 2.24) is 4.90 Å². The normalized spacial score (nSPS) is 13.7. The predicted octanol–water partition coefficient (Wildman–Crippen LogP) is 6.76. The lowest BCUT2D eigenvalue weighted by Gasteiger charge is -2.25. The van der Waals surface area contributed by atoms with Crippen LogP contribution in [0.5, 0.6) is 0 Å². The van der Waals surface area contributed by atoms with Crippen molar-refractivity contribution in [3.63, 3.8) is 0 Å². The average Bonchev–Trinajstić information content (AvgIpc) is 2.76. The molecule has 0 amide bonds. The Morgan fingerprint density at radius 1 is 0.862 bits per heavy atom. The summed E-state index contributed by atoms with van der Waals surface area (Å²) in [4.78, 5) is 6.97. The minimum absolute atomic E-state index is 0.853. The number of allylic oxidation sites excluding steroid dienone is 2. The molecule has 0 unspecified atom stereocenters. The predicted molar refractivity (Wildman–Crippen MR) is 126 cm³/mol. The second-order valence-electron chi connectivity index (χ2n) is 7.61. The summed E-state index contributed by atoms with van der Waals surface area (Å²) in [5, 5.41) is 0. The van der Waals surface area contributed by atoms with Crippen LogP contribution in [0.3, 0.4) is 0 Å². The molecule has 1 heterocycles. The number of nitrogens with zero attached hydrogens (tertiary/aromatic N) is 2. The van der Waals surface area contributed by atoms with Crippen molar-refractivity contribution >= 4 is 17.5 Å². The highest BCUT2D eigenvalue weighted by Gasteiger charge is 2.16. The molecule has 29 heavy (non-hydrogen) atoms. The van der Waals surface area contributed by atoms with Crippen LogP contribution in [0.2, 0.25) is 0 Å². The van der Waals surface area contributed by atoms with Crippen LogP contribution in [0.15, 0.2) is 90.1 Å². The zero-order chi connectivity index (χ0) is 20.4. The van der Waals surface area contributed by atoms with Gasteiger partial charge < -0.3 is 4.90 Å². The molecule has 0 bridgehead atoms. The highest BCUT2D eigenvalue weighted by molar-refractivity contribution is 5.87. The van der Waals surface area contributed by atoms with E-state index in [4.69, 9.17) is 4.99 Å². The maximum Gasteiger partial charge on any atom is 0.0893 e. The molecule has 3 aromatic rings. The van der Waals surface area contributed by atoms with E-state index in [-0.39, 0.29) is 0 Å². The molecule has 0 N–H and O–H groups in total. The summed E-state index contributed by atoms with van der Waals surface area (Å²) in [6, 6.07) is 25.8. The Labute approximate surface area is 173 Å². The van der Waals surface area contributed by atoms with Gasteiger partial charge in [-0.1, -0.05) is 72.8 Å². The van der Waals surface area contributed by atoms with E-state index < -0.39 is 0 Å². The van der Waals surface area contributed by atoms with Crippen molar-refractivity contribution in [1.29, 1.82) is 0 Å². The Hall–Kier alpha value is -3.39. The molecule has 0 atom stereocenters. The SMILES string of the molecule is C=C(C)c1cccc(-c2cccc(-c3ccccc3C3=C(C)N(C)CC=N3)c2)c1. The fourth-order valence-corrected chi connectivity index (χ4v) is 3.70. The molecular weight excluding hydrogens is 352 g/mol. The van der Waals surface area contributed by atoms with Crippen LogP contribution in [0, 0.1) is 0 Å². The smallest absolute Gasteiger partial charge is 0.0893 e. The van der Waals surface area contributed by atoms with Crippen LogP contribution in [-0.2, 0) is 0 Å². The second kappa shape index (κ2) is 7.92. The summed E-state index contributed by atoms with van der Waals surface area (Å²) in [6.45, 7) is 9.12. The quantitative estimate of drug-likeness (QED) is 0.490. The largest absolute Gasteiger partial charge is 0.371 e. The van der Waals surface area contributed by atoms with Crippen LogP contribution >= 0.6 is 0 Å². The van der Waals surface area contributed by atoms with Gasteiger partial charge in [0.2, 0.25) is 0 Å². The van der Waals surface area contributed by atoms with Crippen molar-refractivity contribution in [2.24, 2.45) is 4.99 Å². The van der Waals surface area contributed by atoms with E-state index in [1.54, 1.807) is 0 Å². The minimum atomic E-state index is 0.853. The lowest BCUT2D eigenvalue weighted by molar-refractivity contribution is 0.479. The summed E-state index contributed by atoms with van der Waals surface area (Å²) in [7, 11) is 2.11. The van der Waals surface area contributed by atoms with Gasteiger partial charge in [-0.05, 0) is 53.8 Å². The molecular formula is C27H26N2. The lowest BCUT2D eigenvalue weighted by atomic mass is 9.93. The molecule has 0 aliphatic carbocycles. The van der Waals surface area contributed by atoms with Gasteiger partial charge in [-0.25, -0.2) is 0 Å². The van der Waals surface area contributed by atoms with Gasteiger partial charge >= 0.3 is 0 Å². The molecule has 0 saturated heterocycles. The molecule has 0 saturated carbocycles. The molecule has 4 rings (SSSR count). The molecule has 1 aliphatic heterocycles. The molecule has 0 radical (unpaired) electrons. The third-order valence-electron chi connectivity index (χ3n) is 5.54. The van der Waals surface area contributed by atoms with Crippen molar-refractivity contribution in [3.05, 3.63) is 96.2 Å². The number of rotatable bonds is 4. The average molecular weight is 379 g/mol. The van der Waals surface area contributed by atoms with Gasteiger partial charge in [0.05, 0.1) is 12.2 Å². The molecule has 0 aromatic heterocycles. The summed E-state index contributed by atoms with van der Waals surface area (Å²) in [5.41, 5.74) is 10.5. The highest BCUT2D eigenvalue weighted by Crippen LogP contribution is 2.35. The number of hydrogen-bond acceptors (Lipinski definition) is 2. The third kappa shape index (κ3) is 3.79. The summed E-state index contributed by atoms with van der Waals surface area (Å²) >= 11 is 0. The fraction of sp³-hybridized carbons (Fsp3) is 0.148. The Morgan fingerprint density at radius 3 is 2.28 bits per heavy atom. The molecule has 144 valence electrons. The van der Waals surface area contributed by atoms with E-state index in [0.717, 1.165) is 17.8 Å². The maximum absolute atomic E-state index is 4.73. The summed E-state index contributed by atoms with van der Waals surface area (Å²) < 4.78 is 0. The molecule has 1 aliphatic rings.